The molecule has 11 heteroatoms. The molecule has 1 amide bonds. The molecule has 0 fully saturated rings. The number of rotatable bonds is 5. The second kappa shape index (κ2) is 7.66. The molecule has 7 nitrogen and oxygen atoms in total. The number of hydrogen-bond donors (Lipinski definition) is 2. The molecule has 0 spiro atoms. The fraction of sp³-hybridized carbons (Fsp3) is 0.188. The third-order valence-electron chi connectivity index (χ3n) is 3.46. The van der Waals surface area contributed by atoms with Crippen LogP contribution in [0.4, 0.5) is 24.1 Å². The predicted molar refractivity (Wildman–Crippen MR) is 92.7 cm³/mol. The Kier molecular flexibility index (Phi) is 5.31. The van der Waals surface area contributed by atoms with Crippen LogP contribution in [-0.4, -0.2) is 31.4 Å². The maximum Gasteiger partial charge on any atom is 0.416 e. The van der Waals surface area contributed by atoms with Gasteiger partial charge in [0.2, 0.25) is 5.13 Å². The van der Waals surface area contributed by atoms with Gasteiger partial charge in [0.05, 0.1) is 5.56 Å². The van der Waals surface area contributed by atoms with Gasteiger partial charge in [-0.1, -0.05) is 6.07 Å². The molecular weight excluding hydrogens is 381 g/mol. The maximum absolute atomic E-state index is 13.4. The minimum Gasteiger partial charge on any atom is -0.334 e. The number of nitrogens with zero attached hydrogens (tertiary/aromatic N) is 4. The van der Waals surface area contributed by atoms with Crippen molar-refractivity contribution in [3.63, 3.8) is 0 Å². The topological polar surface area (TPSA) is 92.7 Å². The van der Waals surface area contributed by atoms with E-state index in [-0.39, 0.29) is 10.7 Å². The van der Waals surface area contributed by atoms with Gasteiger partial charge in [-0.15, -0.1) is 0 Å². The van der Waals surface area contributed by atoms with Crippen LogP contribution in [0.15, 0.2) is 42.9 Å². The van der Waals surface area contributed by atoms with Crippen molar-refractivity contribution < 1.29 is 18.0 Å². The van der Waals surface area contributed by atoms with Gasteiger partial charge in [-0.25, -0.2) is 9.97 Å². The van der Waals surface area contributed by atoms with Crippen LogP contribution < -0.4 is 10.6 Å². The number of halogens is 3. The number of aryl methyl sites for hydroxylation is 1. The Bertz CT molecular complexity index is 931. The number of nitrogens with one attached hydrogen (secondary N) is 2. The molecule has 0 radical (unpaired) electrons. The van der Waals surface area contributed by atoms with E-state index >= 15 is 0 Å². The van der Waals surface area contributed by atoms with E-state index in [1.807, 2.05) is 5.32 Å². The summed E-state index contributed by atoms with van der Waals surface area (Å²) < 4.78 is 44.1. The Morgan fingerprint density at radius 2 is 2.00 bits per heavy atom. The molecule has 0 saturated heterocycles. The van der Waals surface area contributed by atoms with E-state index in [0.717, 1.165) is 17.1 Å². The van der Waals surface area contributed by atoms with E-state index in [0.29, 0.717) is 5.82 Å². The summed E-state index contributed by atoms with van der Waals surface area (Å²) in [4.78, 5) is 23.8. The smallest absolute Gasteiger partial charge is 0.334 e. The lowest BCUT2D eigenvalue weighted by atomic mass is 10.2. The Balaban J connectivity index is 1.81. The van der Waals surface area contributed by atoms with E-state index in [9.17, 15) is 18.0 Å². The summed E-state index contributed by atoms with van der Waals surface area (Å²) in [6.07, 6.45) is -0.632. The summed E-state index contributed by atoms with van der Waals surface area (Å²) in [6.45, 7) is 1.80. The number of aromatic nitrogens is 4. The van der Waals surface area contributed by atoms with Crippen LogP contribution in [0.2, 0.25) is 0 Å². The van der Waals surface area contributed by atoms with Crippen LogP contribution in [0, 0.1) is 6.92 Å². The molecule has 0 saturated carbocycles. The van der Waals surface area contributed by atoms with Gasteiger partial charge in [0.25, 0.3) is 5.91 Å². The molecule has 2 N–H and O–H groups in total. The molecule has 0 aliphatic carbocycles. The van der Waals surface area contributed by atoms with E-state index in [2.05, 4.69) is 24.6 Å². The molecule has 3 aromatic rings. The number of hydrogen-bond acceptors (Lipinski definition) is 7. The fourth-order valence-electron chi connectivity index (χ4n) is 2.12. The highest BCUT2D eigenvalue weighted by atomic mass is 32.1. The first-order valence-electron chi connectivity index (χ1n) is 7.64. The van der Waals surface area contributed by atoms with E-state index in [4.69, 9.17) is 0 Å². The number of anilines is 2. The van der Waals surface area contributed by atoms with Crippen molar-refractivity contribution >= 4 is 28.4 Å². The SMILES string of the molecule is Cc1cccnc1Nc1nc(C(NC(=O)c2cccnc2)C(F)(F)F)ns1. The number of carbonyl (C=O) groups excluding carboxylic acids is 1. The van der Waals surface area contributed by atoms with Crippen molar-refractivity contribution in [2.75, 3.05) is 5.32 Å². The van der Waals surface area contributed by atoms with Gasteiger partial charge in [-0.3, -0.25) is 9.78 Å². The van der Waals surface area contributed by atoms with E-state index in [1.54, 1.807) is 25.3 Å². The van der Waals surface area contributed by atoms with Gasteiger partial charge in [0, 0.05) is 30.1 Å². The van der Waals surface area contributed by atoms with Crippen molar-refractivity contribution in [2.45, 2.75) is 19.1 Å². The summed E-state index contributed by atoms with van der Waals surface area (Å²) >= 11 is 0.745. The molecule has 3 heterocycles. The molecular formula is C16H13F3N6OS. The van der Waals surface area contributed by atoms with Gasteiger partial charge in [0.15, 0.2) is 11.9 Å². The molecule has 27 heavy (non-hydrogen) atoms. The molecule has 140 valence electrons. The molecule has 1 unspecified atom stereocenters. The molecule has 0 bridgehead atoms. The zero-order valence-electron chi connectivity index (χ0n) is 13.9. The number of carbonyl (C=O) groups is 1. The first kappa shape index (κ1) is 18.7. The predicted octanol–water partition coefficient (Wildman–Crippen LogP) is 3.41. The monoisotopic (exact) mass is 394 g/mol. The fourth-order valence-corrected chi connectivity index (χ4v) is 2.73. The van der Waals surface area contributed by atoms with Crippen molar-refractivity contribution in [2.24, 2.45) is 0 Å². The zero-order chi connectivity index (χ0) is 19.4. The van der Waals surface area contributed by atoms with Crippen LogP contribution in [0.3, 0.4) is 0 Å². The third-order valence-corrected chi connectivity index (χ3v) is 4.11. The summed E-state index contributed by atoms with van der Waals surface area (Å²) in [7, 11) is 0. The lowest BCUT2D eigenvalue weighted by molar-refractivity contribution is -0.156. The van der Waals surface area contributed by atoms with Crippen LogP contribution in [0.25, 0.3) is 0 Å². The second-order valence-corrected chi connectivity index (χ2v) is 6.19. The highest BCUT2D eigenvalue weighted by Crippen LogP contribution is 2.33. The molecule has 3 aromatic heterocycles. The zero-order valence-corrected chi connectivity index (χ0v) is 14.7. The normalized spacial score (nSPS) is 12.4. The minimum absolute atomic E-state index is 0.00411. The highest BCUT2D eigenvalue weighted by Gasteiger charge is 2.44. The van der Waals surface area contributed by atoms with Gasteiger partial charge < -0.3 is 10.6 Å². The first-order valence-corrected chi connectivity index (χ1v) is 8.42. The first-order chi connectivity index (χ1) is 12.8. The van der Waals surface area contributed by atoms with Crippen LogP contribution >= 0.6 is 11.5 Å². The molecule has 3 rings (SSSR count). The molecule has 0 aromatic carbocycles. The lowest BCUT2D eigenvalue weighted by Crippen LogP contribution is -2.38. The molecule has 0 aliphatic heterocycles. The van der Waals surface area contributed by atoms with E-state index < -0.39 is 23.9 Å². The molecule has 0 aliphatic rings. The number of amides is 1. The van der Waals surface area contributed by atoms with Crippen LogP contribution in [0.1, 0.15) is 27.8 Å². The maximum atomic E-state index is 13.4. The van der Waals surface area contributed by atoms with Gasteiger partial charge in [0.1, 0.15) is 5.82 Å². The van der Waals surface area contributed by atoms with Gasteiger partial charge in [-0.2, -0.15) is 17.5 Å². The lowest BCUT2D eigenvalue weighted by Gasteiger charge is -2.18. The van der Waals surface area contributed by atoms with Crippen molar-refractivity contribution in [1.29, 1.82) is 0 Å². The Morgan fingerprint density at radius 1 is 1.22 bits per heavy atom. The quantitative estimate of drug-likeness (QED) is 0.689. The highest BCUT2D eigenvalue weighted by molar-refractivity contribution is 7.09. The average molecular weight is 394 g/mol. The van der Waals surface area contributed by atoms with Crippen molar-refractivity contribution in [3.05, 3.63) is 59.8 Å². The standard InChI is InChI=1S/C16H13F3N6OS/c1-9-4-2-7-21-12(9)23-15-24-13(25-27-15)11(16(17,18)19)22-14(26)10-5-3-6-20-8-10/h2-8,11H,1H3,(H,22,26)(H,21,23,24,25). The summed E-state index contributed by atoms with van der Waals surface area (Å²) in [5, 5.41) is 4.88. The average Bonchev–Trinajstić information content (AvgIpc) is 3.09. The van der Waals surface area contributed by atoms with Crippen molar-refractivity contribution in [1.82, 2.24) is 24.6 Å². The summed E-state index contributed by atoms with van der Waals surface area (Å²) in [5.41, 5.74) is 0.802. The number of pyridine rings is 2. The Labute approximate surface area is 155 Å². The van der Waals surface area contributed by atoms with Crippen molar-refractivity contribution in [3.8, 4) is 0 Å². The summed E-state index contributed by atoms with van der Waals surface area (Å²) in [5.74, 6) is -1.01. The van der Waals surface area contributed by atoms with Crippen LogP contribution in [-0.2, 0) is 0 Å². The number of alkyl halides is 3. The summed E-state index contributed by atoms with van der Waals surface area (Å²) in [6, 6.07) is 4.00. The largest absolute Gasteiger partial charge is 0.416 e. The van der Waals surface area contributed by atoms with Gasteiger partial charge in [-0.05, 0) is 30.7 Å². The van der Waals surface area contributed by atoms with Gasteiger partial charge >= 0.3 is 6.18 Å². The minimum atomic E-state index is -4.77. The Hall–Kier alpha value is -3.08. The second-order valence-electron chi connectivity index (χ2n) is 5.44. The third kappa shape index (κ3) is 4.56. The van der Waals surface area contributed by atoms with E-state index in [1.165, 1.54) is 24.5 Å². The van der Waals surface area contributed by atoms with Crippen LogP contribution in [0.5, 0.6) is 0 Å². The Morgan fingerprint density at radius 3 is 2.67 bits per heavy atom. The molecule has 1 atom stereocenters.